The van der Waals surface area contributed by atoms with Crippen LogP contribution in [0, 0.1) is 0 Å². The Bertz CT molecular complexity index is 541. The van der Waals surface area contributed by atoms with Crippen LogP contribution in [0.15, 0.2) is 36.0 Å². The van der Waals surface area contributed by atoms with Gasteiger partial charge in [-0.05, 0) is 50.4 Å². The quantitative estimate of drug-likeness (QED) is 0.800. The molecule has 0 aromatic carbocycles. The molecule has 118 valence electrons. The van der Waals surface area contributed by atoms with Gasteiger partial charge in [0.1, 0.15) is 0 Å². The zero-order chi connectivity index (χ0) is 15.4. The first kappa shape index (κ1) is 15.2. The Hall–Kier alpha value is -1.68. The summed E-state index contributed by atoms with van der Waals surface area (Å²) >= 11 is 0. The molecular weight excluding hydrogens is 274 g/mol. The minimum atomic E-state index is 0.285. The molecule has 1 saturated heterocycles. The van der Waals surface area contributed by atoms with Crippen molar-refractivity contribution in [3.8, 4) is 0 Å². The highest BCUT2D eigenvalue weighted by atomic mass is 16.2. The van der Waals surface area contributed by atoms with Gasteiger partial charge in [-0.15, -0.1) is 0 Å². The molecule has 1 aromatic rings. The number of nitrogens with zero attached hydrogens (tertiary/aromatic N) is 3. The van der Waals surface area contributed by atoms with E-state index in [9.17, 15) is 4.79 Å². The molecule has 4 nitrogen and oxygen atoms in total. The van der Waals surface area contributed by atoms with Crippen molar-refractivity contribution in [2.24, 2.45) is 0 Å². The van der Waals surface area contributed by atoms with Crippen LogP contribution in [0.5, 0.6) is 0 Å². The monoisotopic (exact) mass is 299 g/mol. The van der Waals surface area contributed by atoms with Crippen molar-refractivity contribution >= 4 is 5.91 Å². The number of hydrogen-bond acceptors (Lipinski definition) is 3. The van der Waals surface area contributed by atoms with Crippen LogP contribution in [0.1, 0.15) is 31.4 Å². The predicted octanol–water partition coefficient (Wildman–Crippen LogP) is 2.27. The average molecular weight is 299 g/mol. The number of rotatable bonds is 4. The van der Waals surface area contributed by atoms with Gasteiger partial charge in [-0.3, -0.25) is 9.78 Å². The summed E-state index contributed by atoms with van der Waals surface area (Å²) in [6.07, 6.45) is 8.80. The molecule has 22 heavy (non-hydrogen) atoms. The molecule has 0 bridgehead atoms. The fraction of sp³-hybridized carbons (Fsp3) is 0.556. The van der Waals surface area contributed by atoms with Gasteiger partial charge in [-0.1, -0.05) is 12.1 Å². The van der Waals surface area contributed by atoms with E-state index < -0.39 is 0 Å². The van der Waals surface area contributed by atoms with Crippen LogP contribution in [0.2, 0.25) is 0 Å². The second-order valence-corrected chi connectivity index (χ2v) is 6.36. The Morgan fingerprint density at radius 1 is 1.36 bits per heavy atom. The standard InChI is InChI=1S/C18H25N3O/c1-20-13-9-15(10-14-20)17-6-4-12-21(17)18(22)8-7-16-5-2-3-11-19-16/h2-3,5,9,11,17H,4,6-8,10,12-14H2,1H3/t17-/m0/s1. The van der Waals surface area contributed by atoms with Crippen LogP contribution in [0.4, 0.5) is 0 Å². The van der Waals surface area contributed by atoms with Crippen molar-refractivity contribution in [3.63, 3.8) is 0 Å². The molecule has 0 radical (unpaired) electrons. The first-order chi connectivity index (χ1) is 10.7. The van der Waals surface area contributed by atoms with Crippen LogP contribution in [0.3, 0.4) is 0 Å². The normalized spacial score (nSPS) is 22.7. The Morgan fingerprint density at radius 3 is 3.00 bits per heavy atom. The van der Waals surface area contributed by atoms with Gasteiger partial charge in [0.2, 0.25) is 5.91 Å². The van der Waals surface area contributed by atoms with Gasteiger partial charge in [0.15, 0.2) is 0 Å². The van der Waals surface area contributed by atoms with Crippen molar-refractivity contribution in [2.75, 3.05) is 26.7 Å². The number of amides is 1. The molecule has 4 heteroatoms. The Morgan fingerprint density at radius 2 is 2.27 bits per heavy atom. The van der Waals surface area contributed by atoms with E-state index >= 15 is 0 Å². The largest absolute Gasteiger partial charge is 0.336 e. The number of carbonyl (C=O) groups excluding carboxylic acids is 1. The van der Waals surface area contributed by atoms with Crippen LogP contribution >= 0.6 is 0 Å². The maximum Gasteiger partial charge on any atom is 0.223 e. The highest BCUT2D eigenvalue weighted by Gasteiger charge is 2.31. The Kier molecular flexibility index (Phi) is 4.88. The molecule has 1 amide bonds. The molecule has 0 spiro atoms. The fourth-order valence-electron chi connectivity index (χ4n) is 3.46. The fourth-order valence-corrected chi connectivity index (χ4v) is 3.46. The average Bonchev–Trinajstić information content (AvgIpc) is 3.04. The van der Waals surface area contributed by atoms with E-state index in [1.54, 1.807) is 6.20 Å². The number of aryl methyl sites for hydroxylation is 1. The summed E-state index contributed by atoms with van der Waals surface area (Å²) in [6, 6.07) is 6.24. The van der Waals surface area contributed by atoms with E-state index in [2.05, 4.69) is 27.9 Å². The third kappa shape index (κ3) is 3.55. The van der Waals surface area contributed by atoms with Gasteiger partial charge in [-0.2, -0.15) is 0 Å². The Labute approximate surface area is 132 Å². The van der Waals surface area contributed by atoms with Crippen molar-refractivity contribution < 1.29 is 4.79 Å². The molecule has 0 N–H and O–H groups in total. The zero-order valence-electron chi connectivity index (χ0n) is 13.4. The van der Waals surface area contributed by atoms with E-state index in [4.69, 9.17) is 0 Å². The summed E-state index contributed by atoms with van der Waals surface area (Å²) < 4.78 is 0. The summed E-state index contributed by atoms with van der Waals surface area (Å²) in [6.45, 7) is 3.04. The highest BCUT2D eigenvalue weighted by molar-refractivity contribution is 5.77. The molecule has 2 aliphatic heterocycles. The van der Waals surface area contributed by atoms with Crippen LogP contribution < -0.4 is 0 Å². The molecule has 3 rings (SSSR count). The molecule has 0 unspecified atom stereocenters. The lowest BCUT2D eigenvalue weighted by atomic mass is 9.98. The van der Waals surface area contributed by atoms with Gasteiger partial charge in [0.25, 0.3) is 0 Å². The lowest BCUT2D eigenvalue weighted by Crippen LogP contribution is -2.39. The molecule has 1 aromatic heterocycles. The number of aromatic nitrogens is 1. The molecule has 3 heterocycles. The summed E-state index contributed by atoms with van der Waals surface area (Å²) in [5, 5.41) is 0. The number of pyridine rings is 1. The predicted molar refractivity (Wildman–Crippen MR) is 87.5 cm³/mol. The summed E-state index contributed by atoms with van der Waals surface area (Å²) in [5.41, 5.74) is 2.48. The van der Waals surface area contributed by atoms with Gasteiger partial charge >= 0.3 is 0 Å². The lowest BCUT2D eigenvalue weighted by molar-refractivity contribution is -0.131. The number of likely N-dealkylation sites (N-methyl/N-ethyl adjacent to an activating group) is 1. The second-order valence-electron chi connectivity index (χ2n) is 6.36. The topological polar surface area (TPSA) is 36.4 Å². The summed E-state index contributed by atoms with van der Waals surface area (Å²) in [5.74, 6) is 0.285. The van der Waals surface area contributed by atoms with Crippen molar-refractivity contribution in [3.05, 3.63) is 41.7 Å². The third-order valence-electron chi connectivity index (χ3n) is 4.77. The van der Waals surface area contributed by atoms with Gasteiger partial charge < -0.3 is 9.80 Å². The van der Waals surface area contributed by atoms with Gasteiger partial charge in [-0.25, -0.2) is 0 Å². The summed E-state index contributed by atoms with van der Waals surface area (Å²) in [7, 11) is 2.15. The smallest absolute Gasteiger partial charge is 0.223 e. The van der Waals surface area contributed by atoms with Crippen LogP contribution in [-0.2, 0) is 11.2 Å². The van der Waals surface area contributed by atoms with E-state index in [-0.39, 0.29) is 5.91 Å². The van der Waals surface area contributed by atoms with E-state index in [1.165, 1.54) is 5.57 Å². The number of carbonyl (C=O) groups is 1. The van der Waals surface area contributed by atoms with Crippen molar-refractivity contribution in [1.29, 1.82) is 0 Å². The van der Waals surface area contributed by atoms with Crippen LogP contribution in [-0.4, -0.2) is 53.4 Å². The minimum Gasteiger partial charge on any atom is -0.336 e. The highest BCUT2D eigenvalue weighted by Crippen LogP contribution is 2.28. The maximum absolute atomic E-state index is 12.6. The van der Waals surface area contributed by atoms with Crippen LogP contribution in [0.25, 0.3) is 0 Å². The molecule has 0 aliphatic carbocycles. The molecule has 2 aliphatic rings. The summed E-state index contributed by atoms with van der Waals surface area (Å²) in [4.78, 5) is 21.3. The van der Waals surface area contributed by atoms with Gasteiger partial charge in [0.05, 0.1) is 6.04 Å². The zero-order valence-corrected chi connectivity index (χ0v) is 13.4. The van der Waals surface area contributed by atoms with Crippen molar-refractivity contribution in [1.82, 2.24) is 14.8 Å². The van der Waals surface area contributed by atoms with E-state index in [1.807, 2.05) is 18.2 Å². The number of likely N-dealkylation sites (tertiary alicyclic amines) is 1. The molecule has 1 fully saturated rings. The van der Waals surface area contributed by atoms with E-state index in [0.29, 0.717) is 12.5 Å². The SMILES string of the molecule is CN1CC=C([C@@H]2CCCN2C(=O)CCc2ccccn2)CC1. The third-order valence-corrected chi connectivity index (χ3v) is 4.77. The molecular formula is C18H25N3O. The Balaban J connectivity index is 1.59. The number of hydrogen-bond donors (Lipinski definition) is 0. The first-order valence-corrected chi connectivity index (χ1v) is 8.31. The van der Waals surface area contributed by atoms with Crippen molar-refractivity contribution in [2.45, 2.75) is 38.1 Å². The second kappa shape index (κ2) is 7.05. The maximum atomic E-state index is 12.6. The first-order valence-electron chi connectivity index (χ1n) is 8.31. The molecule has 0 saturated carbocycles. The lowest BCUT2D eigenvalue weighted by Gasteiger charge is -2.31. The minimum absolute atomic E-state index is 0.285. The van der Waals surface area contributed by atoms with Gasteiger partial charge in [0, 0.05) is 37.9 Å². The van der Waals surface area contributed by atoms with E-state index in [0.717, 1.165) is 51.0 Å². The molecule has 1 atom stereocenters.